The molecule has 1 amide bonds. The minimum absolute atomic E-state index is 0.129. The number of alkyl halides is 3. The van der Waals surface area contributed by atoms with Gasteiger partial charge in [-0.25, -0.2) is 4.98 Å². The summed E-state index contributed by atoms with van der Waals surface area (Å²) in [5, 5.41) is 3.67. The molecule has 0 saturated carbocycles. The van der Waals surface area contributed by atoms with Crippen molar-refractivity contribution in [2.45, 2.75) is 38.5 Å². The highest BCUT2D eigenvalue weighted by Crippen LogP contribution is 2.29. The minimum atomic E-state index is -4.38. The number of carbonyl (C=O) groups is 1. The summed E-state index contributed by atoms with van der Waals surface area (Å²) in [5.41, 5.74) is 1.28. The minimum Gasteiger partial charge on any atom is -0.355 e. The lowest BCUT2D eigenvalue weighted by Crippen LogP contribution is -2.41. The largest absolute Gasteiger partial charge is 0.416 e. The number of anilines is 1. The highest BCUT2D eigenvalue weighted by molar-refractivity contribution is 6.30. The van der Waals surface area contributed by atoms with Crippen molar-refractivity contribution in [2.75, 3.05) is 18.4 Å². The van der Waals surface area contributed by atoms with Crippen molar-refractivity contribution in [3.63, 3.8) is 0 Å². The number of carbonyl (C=O) groups excluding carboxylic acids is 1. The van der Waals surface area contributed by atoms with Crippen LogP contribution in [0.4, 0.5) is 19.1 Å². The van der Waals surface area contributed by atoms with Gasteiger partial charge >= 0.3 is 6.18 Å². The van der Waals surface area contributed by atoms with Gasteiger partial charge in [-0.1, -0.05) is 23.7 Å². The molecule has 0 spiro atoms. The van der Waals surface area contributed by atoms with Crippen molar-refractivity contribution >= 4 is 23.5 Å². The van der Waals surface area contributed by atoms with Crippen LogP contribution in [0.1, 0.15) is 39.2 Å². The first-order valence-electron chi connectivity index (χ1n) is 11.7. The fourth-order valence-corrected chi connectivity index (χ4v) is 4.29. The smallest absolute Gasteiger partial charge is 0.355 e. The molecule has 3 aromatic rings. The Labute approximate surface area is 217 Å². The van der Waals surface area contributed by atoms with Gasteiger partial charge in [0.25, 0.3) is 11.5 Å². The predicted molar refractivity (Wildman–Crippen MR) is 135 cm³/mol. The molecule has 10 heteroatoms. The summed E-state index contributed by atoms with van der Waals surface area (Å²) in [5.74, 6) is 2.67. The van der Waals surface area contributed by atoms with Crippen LogP contribution in [0, 0.1) is 12.3 Å². The van der Waals surface area contributed by atoms with E-state index in [-0.39, 0.29) is 24.6 Å². The molecular formula is C27H24ClF3N4O2. The number of amides is 1. The lowest BCUT2D eigenvalue weighted by Gasteiger charge is -2.29. The molecular weight excluding hydrogens is 505 g/mol. The summed E-state index contributed by atoms with van der Waals surface area (Å²) < 4.78 is 39.8. The zero-order valence-corrected chi connectivity index (χ0v) is 20.6. The second-order valence-electron chi connectivity index (χ2n) is 8.63. The van der Waals surface area contributed by atoms with Crippen LogP contribution in [0.25, 0.3) is 0 Å². The summed E-state index contributed by atoms with van der Waals surface area (Å²) in [6.45, 7) is 1.13. The number of terminal acetylenes is 1. The van der Waals surface area contributed by atoms with Gasteiger partial charge in [0.05, 0.1) is 23.4 Å². The third-order valence-corrected chi connectivity index (χ3v) is 6.40. The first kappa shape index (κ1) is 26.3. The number of nitrogens with one attached hydrogen (secondary N) is 1. The fraction of sp³-hybridized carbons (Fsp3) is 0.296. The number of halogens is 4. The molecule has 1 aliphatic heterocycles. The molecule has 192 valence electrons. The number of fused-ring (bicyclic) bond motifs is 1. The number of rotatable bonds is 7. The maximum atomic E-state index is 13.4. The Morgan fingerprint density at radius 2 is 1.84 bits per heavy atom. The van der Waals surface area contributed by atoms with Gasteiger partial charge in [0.2, 0.25) is 5.95 Å². The number of hydrogen-bond acceptors (Lipinski definition) is 4. The number of aromatic nitrogens is 2. The van der Waals surface area contributed by atoms with Gasteiger partial charge in [-0.15, -0.1) is 12.3 Å². The molecule has 1 aromatic heterocycles. The Bertz CT molecular complexity index is 1380. The molecule has 4 rings (SSSR count). The first-order valence-corrected chi connectivity index (χ1v) is 12.1. The van der Waals surface area contributed by atoms with Crippen molar-refractivity contribution in [1.29, 1.82) is 0 Å². The molecule has 0 aliphatic carbocycles. The Balaban J connectivity index is 1.51. The Hall–Kier alpha value is -3.77. The van der Waals surface area contributed by atoms with E-state index in [1.807, 2.05) is 0 Å². The second kappa shape index (κ2) is 11.1. The van der Waals surface area contributed by atoms with Crippen LogP contribution in [0.5, 0.6) is 0 Å². The topological polar surface area (TPSA) is 67.2 Å². The molecule has 0 unspecified atom stereocenters. The van der Waals surface area contributed by atoms with E-state index in [1.165, 1.54) is 16.7 Å². The average molecular weight is 529 g/mol. The number of hydrogen-bond donors (Lipinski definition) is 1. The molecule has 0 atom stereocenters. The maximum absolute atomic E-state index is 13.4. The van der Waals surface area contributed by atoms with Gasteiger partial charge in [-0.05, 0) is 48.4 Å². The highest BCUT2D eigenvalue weighted by Gasteiger charge is 2.30. The van der Waals surface area contributed by atoms with Crippen LogP contribution in [0.15, 0.2) is 53.3 Å². The SMILES string of the molecule is C#CCCn1c(NCCc2ccc(C(F)(F)F)cc2)nc2c(c1=O)CN(C(=O)c1ccc(Cl)cc1)CC2. The van der Waals surface area contributed by atoms with Crippen molar-refractivity contribution in [3.8, 4) is 12.3 Å². The molecule has 2 heterocycles. The summed E-state index contributed by atoms with van der Waals surface area (Å²) in [4.78, 5) is 32.6. The van der Waals surface area contributed by atoms with Crippen molar-refractivity contribution in [3.05, 3.63) is 91.9 Å². The Morgan fingerprint density at radius 1 is 1.14 bits per heavy atom. The van der Waals surface area contributed by atoms with E-state index < -0.39 is 11.7 Å². The van der Waals surface area contributed by atoms with Crippen LogP contribution < -0.4 is 10.9 Å². The number of benzene rings is 2. The van der Waals surface area contributed by atoms with E-state index in [0.717, 1.165) is 12.1 Å². The molecule has 6 nitrogen and oxygen atoms in total. The van der Waals surface area contributed by atoms with Crippen LogP contribution in [-0.2, 0) is 32.1 Å². The van der Waals surface area contributed by atoms with Gasteiger partial charge in [0, 0.05) is 43.1 Å². The van der Waals surface area contributed by atoms with Crippen LogP contribution >= 0.6 is 11.6 Å². The van der Waals surface area contributed by atoms with E-state index >= 15 is 0 Å². The molecule has 0 fully saturated rings. The van der Waals surface area contributed by atoms with Gasteiger partial charge in [-0.2, -0.15) is 13.2 Å². The highest BCUT2D eigenvalue weighted by atomic mass is 35.5. The number of nitrogens with zero attached hydrogens (tertiary/aromatic N) is 3. The second-order valence-corrected chi connectivity index (χ2v) is 9.06. The van der Waals surface area contributed by atoms with E-state index in [9.17, 15) is 22.8 Å². The van der Waals surface area contributed by atoms with Crippen molar-refractivity contribution in [2.24, 2.45) is 0 Å². The fourth-order valence-electron chi connectivity index (χ4n) is 4.16. The quantitative estimate of drug-likeness (QED) is 0.448. The van der Waals surface area contributed by atoms with Gasteiger partial charge in [0.15, 0.2) is 0 Å². The Kier molecular flexibility index (Phi) is 7.89. The van der Waals surface area contributed by atoms with E-state index in [1.54, 1.807) is 29.2 Å². The zero-order chi connectivity index (χ0) is 26.6. The monoisotopic (exact) mass is 528 g/mol. The Morgan fingerprint density at radius 3 is 2.49 bits per heavy atom. The maximum Gasteiger partial charge on any atom is 0.416 e. The molecule has 0 saturated heterocycles. The van der Waals surface area contributed by atoms with Crippen LogP contribution in [0.2, 0.25) is 5.02 Å². The molecule has 0 bridgehead atoms. The van der Waals surface area contributed by atoms with Crippen LogP contribution in [-0.4, -0.2) is 33.4 Å². The predicted octanol–water partition coefficient (Wildman–Crippen LogP) is 4.79. The molecule has 1 aliphatic rings. The average Bonchev–Trinajstić information content (AvgIpc) is 2.88. The van der Waals surface area contributed by atoms with Crippen molar-refractivity contribution in [1.82, 2.24) is 14.5 Å². The van der Waals surface area contributed by atoms with Gasteiger partial charge < -0.3 is 10.2 Å². The van der Waals surface area contributed by atoms with E-state index in [0.29, 0.717) is 65.7 Å². The third kappa shape index (κ3) is 6.15. The lowest BCUT2D eigenvalue weighted by atomic mass is 10.1. The summed E-state index contributed by atoms with van der Waals surface area (Å²) in [6, 6.07) is 11.5. The zero-order valence-electron chi connectivity index (χ0n) is 19.8. The van der Waals surface area contributed by atoms with E-state index in [4.69, 9.17) is 18.0 Å². The van der Waals surface area contributed by atoms with Crippen LogP contribution in [0.3, 0.4) is 0 Å². The molecule has 2 aromatic carbocycles. The third-order valence-electron chi connectivity index (χ3n) is 6.15. The van der Waals surface area contributed by atoms with Gasteiger partial charge in [-0.3, -0.25) is 14.2 Å². The van der Waals surface area contributed by atoms with Crippen molar-refractivity contribution < 1.29 is 18.0 Å². The summed E-state index contributed by atoms with van der Waals surface area (Å²) >= 11 is 5.92. The molecule has 0 radical (unpaired) electrons. The molecule has 37 heavy (non-hydrogen) atoms. The summed E-state index contributed by atoms with van der Waals surface area (Å²) in [6.07, 6.45) is 2.19. The van der Waals surface area contributed by atoms with Gasteiger partial charge in [0.1, 0.15) is 0 Å². The van der Waals surface area contributed by atoms with E-state index in [2.05, 4.69) is 16.2 Å². The molecule has 1 N–H and O–H groups in total. The first-order chi connectivity index (χ1) is 17.7. The standard InChI is InChI=1S/C27H24ClF3N4O2/c1-2-3-15-35-25(37)22-17-34(24(36)19-6-10-21(28)11-7-19)16-13-23(22)33-26(35)32-14-12-18-4-8-20(9-5-18)27(29,30)31/h1,4-11H,3,12-17H2,(H,32,33). The summed E-state index contributed by atoms with van der Waals surface area (Å²) in [7, 11) is 0. The lowest BCUT2D eigenvalue weighted by molar-refractivity contribution is -0.137. The normalized spacial score (nSPS) is 13.1.